The number of allylic oxidation sites excluding steroid dienone is 1. The van der Waals surface area contributed by atoms with E-state index in [0.29, 0.717) is 11.6 Å². The van der Waals surface area contributed by atoms with E-state index in [-0.39, 0.29) is 17.4 Å². The number of primary amides is 1. The molecule has 1 amide bonds. The number of benzene rings is 1. The molecule has 0 saturated heterocycles. The monoisotopic (exact) mass is 347 g/mol. The maximum Gasteiger partial charge on any atom is 0.255 e. The molecule has 1 aromatic heterocycles. The number of para-hydroxylation sites is 1. The van der Waals surface area contributed by atoms with Gasteiger partial charge < -0.3 is 10.5 Å². The van der Waals surface area contributed by atoms with E-state index < -0.39 is 15.7 Å². The minimum absolute atomic E-state index is 0.0262. The van der Waals surface area contributed by atoms with Crippen LogP contribution >= 0.6 is 0 Å². The number of amides is 1. The number of sulfone groups is 1. The summed E-state index contributed by atoms with van der Waals surface area (Å²) in [5.74, 6) is -0.278. The van der Waals surface area contributed by atoms with Crippen molar-refractivity contribution in [3.8, 4) is 11.6 Å². The SMILES string of the molecule is C[C@@H](/C=C/S(C)(=O)=O)c1ncc(C(N)=O)c(Oc2ccccc2)n1. The molecule has 1 aromatic carbocycles. The van der Waals surface area contributed by atoms with Crippen LogP contribution in [0.4, 0.5) is 0 Å². The fraction of sp³-hybridized carbons (Fsp3) is 0.188. The van der Waals surface area contributed by atoms with E-state index in [9.17, 15) is 13.2 Å². The second-order valence-corrected chi connectivity index (χ2v) is 7.10. The zero-order chi connectivity index (χ0) is 17.7. The molecular formula is C16H17N3O4S. The van der Waals surface area contributed by atoms with Crippen LogP contribution in [0, 0.1) is 0 Å². The van der Waals surface area contributed by atoms with Gasteiger partial charge in [-0.3, -0.25) is 4.79 Å². The van der Waals surface area contributed by atoms with Crippen LogP contribution in [0.15, 0.2) is 48.0 Å². The van der Waals surface area contributed by atoms with Gasteiger partial charge >= 0.3 is 0 Å². The standard InChI is InChI=1S/C16H17N3O4S/c1-11(8-9-24(2,21)22)15-18-10-13(14(17)20)16(19-15)23-12-6-4-3-5-7-12/h3-11H,1-2H3,(H2,17,20)/b9-8+/t11-/m0/s1. The molecule has 0 spiro atoms. The van der Waals surface area contributed by atoms with E-state index in [1.165, 1.54) is 12.3 Å². The molecule has 0 aliphatic rings. The number of nitrogens with two attached hydrogens (primary N) is 1. The Balaban J connectivity index is 2.37. The highest BCUT2D eigenvalue weighted by molar-refractivity contribution is 7.93. The molecule has 0 radical (unpaired) electrons. The molecule has 2 aromatic rings. The maximum atomic E-state index is 11.5. The van der Waals surface area contributed by atoms with Gasteiger partial charge in [-0.15, -0.1) is 0 Å². The number of carbonyl (C=O) groups excluding carboxylic acids is 1. The Morgan fingerprint density at radius 1 is 1.29 bits per heavy atom. The number of hydrogen-bond donors (Lipinski definition) is 1. The van der Waals surface area contributed by atoms with E-state index in [2.05, 4.69) is 9.97 Å². The highest BCUT2D eigenvalue weighted by Crippen LogP contribution is 2.24. The fourth-order valence-electron chi connectivity index (χ4n) is 1.79. The lowest BCUT2D eigenvalue weighted by atomic mass is 10.1. The zero-order valence-electron chi connectivity index (χ0n) is 13.2. The topological polar surface area (TPSA) is 112 Å². The predicted octanol–water partition coefficient (Wildman–Crippen LogP) is 2.03. The Labute approximate surface area is 140 Å². The molecule has 1 atom stereocenters. The molecule has 8 heteroatoms. The Hall–Kier alpha value is -2.74. The van der Waals surface area contributed by atoms with Crippen LogP contribution in [0.1, 0.15) is 29.0 Å². The van der Waals surface area contributed by atoms with Crippen molar-refractivity contribution in [2.45, 2.75) is 12.8 Å². The molecular weight excluding hydrogens is 330 g/mol. The quantitative estimate of drug-likeness (QED) is 0.855. The number of ether oxygens (including phenoxy) is 1. The molecule has 2 N–H and O–H groups in total. The van der Waals surface area contributed by atoms with Crippen molar-refractivity contribution in [3.63, 3.8) is 0 Å². The molecule has 2 rings (SSSR count). The van der Waals surface area contributed by atoms with Crippen LogP contribution in [0.3, 0.4) is 0 Å². The summed E-state index contributed by atoms with van der Waals surface area (Å²) in [4.78, 5) is 19.8. The average Bonchev–Trinajstić information content (AvgIpc) is 2.52. The fourth-order valence-corrected chi connectivity index (χ4v) is 2.31. The van der Waals surface area contributed by atoms with Gasteiger partial charge in [-0.05, 0) is 12.1 Å². The number of hydrogen-bond acceptors (Lipinski definition) is 6. The normalized spacial score (nSPS) is 12.9. The van der Waals surface area contributed by atoms with Crippen molar-refractivity contribution < 1.29 is 17.9 Å². The highest BCUT2D eigenvalue weighted by Gasteiger charge is 2.16. The van der Waals surface area contributed by atoms with Crippen molar-refractivity contribution in [1.29, 1.82) is 0 Å². The van der Waals surface area contributed by atoms with E-state index in [4.69, 9.17) is 10.5 Å². The molecule has 0 saturated carbocycles. The van der Waals surface area contributed by atoms with Crippen LogP contribution in [0.5, 0.6) is 11.6 Å². The highest BCUT2D eigenvalue weighted by atomic mass is 32.2. The lowest BCUT2D eigenvalue weighted by Gasteiger charge is -2.11. The van der Waals surface area contributed by atoms with Crippen LogP contribution in [-0.2, 0) is 9.84 Å². The van der Waals surface area contributed by atoms with Crippen LogP contribution in [0.2, 0.25) is 0 Å². The summed E-state index contributed by atoms with van der Waals surface area (Å²) >= 11 is 0. The van der Waals surface area contributed by atoms with Crippen molar-refractivity contribution in [3.05, 3.63) is 59.4 Å². The third kappa shape index (κ3) is 4.88. The molecule has 0 bridgehead atoms. The van der Waals surface area contributed by atoms with Crippen molar-refractivity contribution in [1.82, 2.24) is 9.97 Å². The third-order valence-corrected chi connectivity index (χ3v) is 3.67. The minimum Gasteiger partial charge on any atom is -0.438 e. The smallest absolute Gasteiger partial charge is 0.255 e. The second kappa shape index (κ2) is 7.22. The van der Waals surface area contributed by atoms with Gasteiger partial charge in [0, 0.05) is 23.8 Å². The lowest BCUT2D eigenvalue weighted by molar-refractivity contribution is 0.0997. The van der Waals surface area contributed by atoms with E-state index >= 15 is 0 Å². The lowest BCUT2D eigenvalue weighted by Crippen LogP contribution is -2.15. The number of rotatable bonds is 6. The third-order valence-electron chi connectivity index (χ3n) is 3.02. The number of nitrogens with zero attached hydrogens (tertiary/aromatic N) is 2. The minimum atomic E-state index is -3.25. The van der Waals surface area contributed by atoms with Gasteiger partial charge in [-0.1, -0.05) is 31.2 Å². The Bertz CT molecular complexity index is 864. The van der Waals surface area contributed by atoms with Crippen LogP contribution in [-0.4, -0.2) is 30.5 Å². The van der Waals surface area contributed by atoms with Crippen molar-refractivity contribution in [2.24, 2.45) is 5.73 Å². The largest absolute Gasteiger partial charge is 0.438 e. The van der Waals surface area contributed by atoms with Gasteiger partial charge in [-0.2, -0.15) is 4.98 Å². The van der Waals surface area contributed by atoms with Gasteiger partial charge in [0.05, 0.1) is 0 Å². The zero-order valence-corrected chi connectivity index (χ0v) is 14.0. The van der Waals surface area contributed by atoms with Gasteiger partial charge in [0.1, 0.15) is 17.1 Å². The molecule has 7 nitrogen and oxygen atoms in total. The first-order valence-corrected chi connectivity index (χ1v) is 8.99. The summed E-state index contributed by atoms with van der Waals surface area (Å²) < 4.78 is 28.0. The molecule has 0 unspecified atom stereocenters. The van der Waals surface area contributed by atoms with E-state index in [1.807, 2.05) is 6.07 Å². The summed E-state index contributed by atoms with van der Waals surface area (Å²) in [6.07, 6.45) is 3.83. The first-order chi connectivity index (χ1) is 11.3. The summed E-state index contributed by atoms with van der Waals surface area (Å²) in [7, 11) is -3.25. The molecule has 0 aliphatic heterocycles. The molecule has 0 aliphatic carbocycles. The predicted molar refractivity (Wildman–Crippen MR) is 89.5 cm³/mol. The second-order valence-electron chi connectivity index (χ2n) is 5.17. The Morgan fingerprint density at radius 2 is 1.96 bits per heavy atom. The van der Waals surface area contributed by atoms with Crippen molar-refractivity contribution >= 4 is 15.7 Å². The summed E-state index contributed by atoms with van der Waals surface area (Å²) in [6, 6.07) is 8.79. The molecule has 24 heavy (non-hydrogen) atoms. The molecule has 0 fully saturated rings. The van der Waals surface area contributed by atoms with Gasteiger partial charge in [0.2, 0.25) is 5.88 Å². The van der Waals surface area contributed by atoms with Gasteiger partial charge in [0.15, 0.2) is 9.84 Å². The van der Waals surface area contributed by atoms with Gasteiger partial charge in [0.25, 0.3) is 5.91 Å². The molecule has 1 heterocycles. The summed E-state index contributed by atoms with van der Waals surface area (Å²) in [5.41, 5.74) is 5.36. The van der Waals surface area contributed by atoms with E-state index in [0.717, 1.165) is 11.7 Å². The first-order valence-electron chi connectivity index (χ1n) is 7.04. The van der Waals surface area contributed by atoms with Gasteiger partial charge in [-0.25, -0.2) is 13.4 Å². The van der Waals surface area contributed by atoms with Crippen molar-refractivity contribution in [2.75, 3.05) is 6.26 Å². The Kier molecular flexibility index (Phi) is 5.30. The maximum absolute atomic E-state index is 11.5. The summed E-state index contributed by atoms with van der Waals surface area (Å²) in [6.45, 7) is 1.73. The summed E-state index contributed by atoms with van der Waals surface area (Å²) in [5, 5.41) is 1.08. The Morgan fingerprint density at radius 3 is 2.54 bits per heavy atom. The first kappa shape index (κ1) is 17.6. The number of carbonyl (C=O) groups is 1. The van der Waals surface area contributed by atoms with Crippen LogP contribution in [0.25, 0.3) is 0 Å². The van der Waals surface area contributed by atoms with E-state index in [1.54, 1.807) is 31.2 Å². The van der Waals surface area contributed by atoms with Crippen LogP contribution < -0.4 is 10.5 Å². The molecule has 126 valence electrons. The number of aromatic nitrogens is 2. The average molecular weight is 347 g/mol.